The molecule has 0 unspecified atom stereocenters. The van der Waals surface area contributed by atoms with Gasteiger partial charge in [-0.05, 0) is 35.9 Å². The topological polar surface area (TPSA) is 67.4 Å². The maximum absolute atomic E-state index is 12.2. The highest BCUT2D eigenvalue weighted by molar-refractivity contribution is 6.42. The number of benzene rings is 2. The molecule has 0 bridgehead atoms. The summed E-state index contributed by atoms with van der Waals surface area (Å²) in [5.74, 6) is -0.121. The van der Waals surface area contributed by atoms with Gasteiger partial charge in [-0.2, -0.15) is 0 Å². The average molecular weight is 379 g/mol. The molecule has 2 rings (SSSR count). The molecule has 7 heteroatoms. The Balaban J connectivity index is 2.17. The van der Waals surface area contributed by atoms with Crippen molar-refractivity contribution in [3.05, 3.63) is 58.1 Å². The van der Waals surface area contributed by atoms with E-state index in [9.17, 15) is 9.59 Å². The lowest BCUT2D eigenvalue weighted by atomic mass is 10.2. The molecule has 0 saturated heterocycles. The molecular weight excluding hydrogens is 363 g/mol. The number of ether oxygens (including phenoxy) is 1. The number of hydrogen-bond donors (Lipinski definition) is 2. The Labute approximate surface area is 155 Å². The maximum Gasteiger partial charge on any atom is 0.248 e. The molecule has 2 aromatic carbocycles. The van der Waals surface area contributed by atoms with Crippen LogP contribution in [0.1, 0.15) is 12.5 Å². The maximum atomic E-state index is 12.2. The van der Waals surface area contributed by atoms with E-state index in [1.165, 1.54) is 20.1 Å². The zero-order chi connectivity index (χ0) is 18.4. The highest BCUT2D eigenvalue weighted by atomic mass is 35.5. The van der Waals surface area contributed by atoms with Crippen LogP contribution in [0.4, 0.5) is 11.4 Å². The van der Waals surface area contributed by atoms with Crippen molar-refractivity contribution in [1.82, 2.24) is 0 Å². The van der Waals surface area contributed by atoms with Crippen LogP contribution in [0, 0.1) is 0 Å². The van der Waals surface area contributed by atoms with Crippen molar-refractivity contribution < 1.29 is 14.3 Å². The van der Waals surface area contributed by atoms with Crippen molar-refractivity contribution in [3.8, 4) is 5.75 Å². The van der Waals surface area contributed by atoms with Gasteiger partial charge in [0.05, 0.1) is 22.8 Å². The number of carbonyl (C=O) groups excluding carboxylic acids is 2. The standard InChI is InChI=1S/C18H16Cl2N2O3/c1-11(23)21-13-7-8-16(25-2)15(10-13)22-17(24)9-6-12-4-3-5-14(19)18(12)20/h3-10H,1-2H3,(H,21,23)(H,22,24)/b9-6+. The molecule has 0 aliphatic rings. The minimum atomic E-state index is -0.380. The summed E-state index contributed by atoms with van der Waals surface area (Å²) in [5.41, 5.74) is 1.61. The Bertz CT molecular complexity index is 835. The van der Waals surface area contributed by atoms with Crippen LogP contribution < -0.4 is 15.4 Å². The highest BCUT2D eigenvalue weighted by Crippen LogP contribution is 2.28. The summed E-state index contributed by atoms with van der Waals surface area (Å²) in [6.07, 6.45) is 2.90. The first-order chi connectivity index (χ1) is 11.9. The molecule has 5 nitrogen and oxygen atoms in total. The Hall–Kier alpha value is -2.50. The predicted molar refractivity (Wildman–Crippen MR) is 101 cm³/mol. The van der Waals surface area contributed by atoms with E-state index in [4.69, 9.17) is 27.9 Å². The molecule has 130 valence electrons. The minimum Gasteiger partial charge on any atom is -0.495 e. The van der Waals surface area contributed by atoms with Crippen molar-refractivity contribution in [3.63, 3.8) is 0 Å². The lowest BCUT2D eigenvalue weighted by Crippen LogP contribution is -2.10. The molecule has 0 fully saturated rings. The molecule has 25 heavy (non-hydrogen) atoms. The number of rotatable bonds is 5. The first-order valence-electron chi connectivity index (χ1n) is 7.29. The fourth-order valence-electron chi connectivity index (χ4n) is 2.08. The molecular formula is C18H16Cl2N2O3. The number of hydrogen-bond acceptors (Lipinski definition) is 3. The highest BCUT2D eigenvalue weighted by Gasteiger charge is 2.08. The summed E-state index contributed by atoms with van der Waals surface area (Å²) in [6.45, 7) is 1.40. The number of anilines is 2. The van der Waals surface area contributed by atoms with E-state index in [1.54, 1.807) is 42.5 Å². The zero-order valence-electron chi connectivity index (χ0n) is 13.6. The zero-order valence-corrected chi connectivity index (χ0v) is 15.1. The van der Waals surface area contributed by atoms with Crippen LogP contribution in [-0.4, -0.2) is 18.9 Å². The van der Waals surface area contributed by atoms with Gasteiger partial charge >= 0.3 is 0 Å². The monoisotopic (exact) mass is 378 g/mol. The van der Waals surface area contributed by atoms with Gasteiger partial charge in [0.1, 0.15) is 5.75 Å². The molecule has 0 spiro atoms. The van der Waals surface area contributed by atoms with Gasteiger partial charge < -0.3 is 15.4 Å². The number of amides is 2. The summed E-state index contributed by atoms with van der Waals surface area (Å²) < 4.78 is 5.21. The summed E-state index contributed by atoms with van der Waals surface area (Å²) in [6, 6.07) is 10.1. The smallest absolute Gasteiger partial charge is 0.248 e. The number of methoxy groups -OCH3 is 1. The third kappa shape index (κ3) is 5.24. The number of carbonyl (C=O) groups is 2. The minimum absolute atomic E-state index is 0.210. The molecule has 0 radical (unpaired) electrons. The fraction of sp³-hybridized carbons (Fsp3) is 0.111. The average Bonchev–Trinajstić information content (AvgIpc) is 2.56. The van der Waals surface area contributed by atoms with E-state index in [0.717, 1.165) is 0 Å². The van der Waals surface area contributed by atoms with Gasteiger partial charge in [0.2, 0.25) is 11.8 Å². The molecule has 0 saturated carbocycles. The molecule has 0 aromatic heterocycles. The normalized spacial score (nSPS) is 10.6. The van der Waals surface area contributed by atoms with Crippen molar-refractivity contribution in [1.29, 1.82) is 0 Å². The lowest BCUT2D eigenvalue weighted by molar-refractivity contribution is -0.114. The van der Waals surface area contributed by atoms with Crippen LogP contribution in [0.15, 0.2) is 42.5 Å². The quantitative estimate of drug-likeness (QED) is 0.746. The third-order valence-corrected chi connectivity index (χ3v) is 4.01. The second-order valence-electron chi connectivity index (χ2n) is 5.06. The first kappa shape index (κ1) is 18.8. The van der Waals surface area contributed by atoms with Crippen molar-refractivity contribution in [2.45, 2.75) is 6.92 Å². The molecule has 0 aliphatic carbocycles. The summed E-state index contributed by atoms with van der Waals surface area (Å²) in [5, 5.41) is 6.13. The van der Waals surface area contributed by atoms with E-state index >= 15 is 0 Å². The number of nitrogens with one attached hydrogen (secondary N) is 2. The fourth-order valence-corrected chi connectivity index (χ4v) is 2.45. The van der Waals surface area contributed by atoms with Crippen LogP contribution in [0.25, 0.3) is 6.08 Å². The SMILES string of the molecule is COc1ccc(NC(C)=O)cc1NC(=O)/C=C/c1cccc(Cl)c1Cl. The van der Waals surface area contributed by atoms with Crippen LogP contribution in [0.2, 0.25) is 10.0 Å². The van der Waals surface area contributed by atoms with Gasteiger partial charge in [0.25, 0.3) is 0 Å². The summed E-state index contributed by atoms with van der Waals surface area (Å²) in [7, 11) is 1.49. The molecule has 2 amide bonds. The first-order valence-corrected chi connectivity index (χ1v) is 8.05. The predicted octanol–water partition coefficient (Wildman–Crippen LogP) is 4.61. The van der Waals surface area contributed by atoms with Gasteiger partial charge in [0.15, 0.2) is 0 Å². The Morgan fingerprint density at radius 2 is 1.88 bits per heavy atom. The van der Waals surface area contributed by atoms with E-state index in [1.807, 2.05) is 0 Å². The third-order valence-electron chi connectivity index (χ3n) is 3.17. The largest absolute Gasteiger partial charge is 0.495 e. The van der Waals surface area contributed by atoms with Gasteiger partial charge in [-0.1, -0.05) is 35.3 Å². The van der Waals surface area contributed by atoms with Crippen LogP contribution >= 0.6 is 23.2 Å². The Morgan fingerprint density at radius 1 is 1.12 bits per heavy atom. The van der Waals surface area contributed by atoms with E-state index in [0.29, 0.717) is 32.7 Å². The molecule has 0 heterocycles. The second kappa shape index (κ2) is 8.55. The van der Waals surface area contributed by atoms with Crippen LogP contribution in [-0.2, 0) is 9.59 Å². The summed E-state index contributed by atoms with van der Waals surface area (Å²) >= 11 is 12.0. The van der Waals surface area contributed by atoms with Crippen molar-refractivity contribution in [2.24, 2.45) is 0 Å². The van der Waals surface area contributed by atoms with Crippen LogP contribution in [0.5, 0.6) is 5.75 Å². The van der Waals surface area contributed by atoms with Gasteiger partial charge in [0, 0.05) is 18.7 Å². The second-order valence-corrected chi connectivity index (χ2v) is 5.85. The molecule has 2 N–H and O–H groups in total. The van der Waals surface area contributed by atoms with Gasteiger partial charge in [-0.3, -0.25) is 9.59 Å². The van der Waals surface area contributed by atoms with Gasteiger partial charge in [-0.15, -0.1) is 0 Å². The molecule has 2 aromatic rings. The Kier molecular flexibility index (Phi) is 6.44. The number of halogens is 2. The van der Waals surface area contributed by atoms with Crippen molar-refractivity contribution in [2.75, 3.05) is 17.7 Å². The van der Waals surface area contributed by atoms with E-state index in [2.05, 4.69) is 10.6 Å². The molecule has 0 atom stereocenters. The van der Waals surface area contributed by atoms with E-state index < -0.39 is 0 Å². The van der Waals surface area contributed by atoms with Gasteiger partial charge in [-0.25, -0.2) is 0 Å². The summed E-state index contributed by atoms with van der Waals surface area (Å²) in [4.78, 5) is 23.3. The molecule has 0 aliphatic heterocycles. The van der Waals surface area contributed by atoms with Crippen LogP contribution in [0.3, 0.4) is 0 Å². The lowest BCUT2D eigenvalue weighted by Gasteiger charge is -2.11. The van der Waals surface area contributed by atoms with E-state index in [-0.39, 0.29) is 11.8 Å². The Morgan fingerprint density at radius 3 is 2.56 bits per heavy atom. The van der Waals surface area contributed by atoms with Crippen molar-refractivity contribution >= 4 is 52.5 Å².